The highest BCUT2D eigenvalue weighted by molar-refractivity contribution is 7.99. The lowest BCUT2D eigenvalue weighted by atomic mass is 9.94. The van der Waals surface area contributed by atoms with E-state index in [9.17, 15) is 4.79 Å². The van der Waals surface area contributed by atoms with Crippen molar-refractivity contribution in [2.45, 2.75) is 51.7 Å². The van der Waals surface area contributed by atoms with E-state index in [1.807, 2.05) is 67.1 Å². The molecule has 8 heteroatoms. The van der Waals surface area contributed by atoms with Crippen LogP contribution in [-0.4, -0.2) is 33.0 Å². The molecular formula is C26H31N5O2S. The number of hydrogen-bond acceptors (Lipinski definition) is 6. The van der Waals surface area contributed by atoms with Gasteiger partial charge in [0, 0.05) is 22.7 Å². The topological polar surface area (TPSA) is 81.1 Å². The summed E-state index contributed by atoms with van der Waals surface area (Å²) in [5, 5.41) is 11.9. The van der Waals surface area contributed by atoms with Gasteiger partial charge in [-0.05, 0) is 44.4 Å². The van der Waals surface area contributed by atoms with Gasteiger partial charge in [0.1, 0.15) is 11.8 Å². The Kier molecular flexibility index (Phi) is 7.57. The Hall–Kier alpha value is -3.26. The van der Waals surface area contributed by atoms with Crippen LogP contribution in [0, 0.1) is 6.92 Å². The second kappa shape index (κ2) is 10.8. The monoisotopic (exact) mass is 477 g/mol. The van der Waals surface area contributed by atoms with E-state index in [1.165, 1.54) is 0 Å². The summed E-state index contributed by atoms with van der Waals surface area (Å²) in [5.74, 6) is 2.11. The molecule has 2 aromatic carbocycles. The van der Waals surface area contributed by atoms with E-state index in [0.29, 0.717) is 23.3 Å². The van der Waals surface area contributed by atoms with Crippen molar-refractivity contribution in [1.29, 1.82) is 0 Å². The van der Waals surface area contributed by atoms with Crippen LogP contribution in [0.25, 0.3) is 0 Å². The number of nitrogens with one attached hydrogen (secondary N) is 2. The minimum Gasteiger partial charge on any atom is -0.493 e. The Balaban J connectivity index is 1.80. The molecule has 0 aliphatic carbocycles. The van der Waals surface area contributed by atoms with Crippen molar-refractivity contribution in [2.24, 2.45) is 0 Å². The van der Waals surface area contributed by atoms with E-state index in [-0.39, 0.29) is 5.91 Å². The number of aryl methyl sites for hydroxylation is 1. The lowest BCUT2D eigenvalue weighted by Gasteiger charge is -2.29. The molecule has 1 amide bonds. The Morgan fingerprint density at radius 1 is 1.12 bits per heavy atom. The molecule has 2 heterocycles. The van der Waals surface area contributed by atoms with Crippen LogP contribution in [0.2, 0.25) is 0 Å². The van der Waals surface area contributed by atoms with Crippen LogP contribution in [0.1, 0.15) is 50.8 Å². The number of carbonyl (C=O) groups excluding carboxylic acids is 1. The number of hydrogen-bond donors (Lipinski definition) is 2. The van der Waals surface area contributed by atoms with Crippen molar-refractivity contribution in [3.05, 3.63) is 70.9 Å². The molecule has 0 saturated heterocycles. The summed E-state index contributed by atoms with van der Waals surface area (Å²) in [4.78, 5) is 18.4. The normalized spacial score (nSPS) is 15.0. The van der Waals surface area contributed by atoms with Crippen molar-refractivity contribution in [3.8, 4) is 5.75 Å². The van der Waals surface area contributed by atoms with Gasteiger partial charge in [0.05, 0.1) is 12.2 Å². The van der Waals surface area contributed by atoms with Gasteiger partial charge in [0.25, 0.3) is 5.91 Å². The summed E-state index contributed by atoms with van der Waals surface area (Å²) in [6.45, 7) is 8.69. The van der Waals surface area contributed by atoms with Crippen LogP contribution in [0.15, 0.2) is 65.0 Å². The minimum atomic E-state index is -0.475. The third kappa shape index (κ3) is 4.97. The molecule has 1 aromatic heterocycles. The molecule has 1 aliphatic rings. The van der Waals surface area contributed by atoms with E-state index < -0.39 is 6.04 Å². The van der Waals surface area contributed by atoms with E-state index in [4.69, 9.17) is 14.8 Å². The quantitative estimate of drug-likeness (QED) is 0.379. The first-order valence-electron chi connectivity index (χ1n) is 11.7. The number of anilines is 2. The zero-order valence-electron chi connectivity index (χ0n) is 20.1. The maximum absolute atomic E-state index is 13.7. The van der Waals surface area contributed by atoms with Gasteiger partial charge in [0.2, 0.25) is 11.1 Å². The Bertz CT molecular complexity index is 1200. The molecule has 34 heavy (non-hydrogen) atoms. The molecule has 1 aliphatic heterocycles. The number of nitrogens with zero attached hydrogens (tertiary/aromatic N) is 3. The average Bonchev–Trinajstić information content (AvgIpc) is 3.24. The maximum atomic E-state index is 13.7. The first-order chi connectivity index (χ1) is 16.5. The molecular weight excluding hydrogens is 446 g/mol. The standard InChI is InChI=1S/C26H31N5O2S/c1-5-15-33-21-14-10-8-12-19(21)23-22(24(32)28-20-13-9-7-11-17(20)3)18(4)27-25-29-26(30-31(23)25)34-16-6-2/h7-14,23H,5-6,15-16H2,1-4H3,(H,28,32)(H,27,29,30). The molecule has 7 nitrogen and oxygen atoms in total. The smallest absolute Gasteiger partial charge is 0.255 e. The number of thioether (sulfide) groups is 1. The van der Waals surface area contributed by atoms with Crippen molar-refractivity contribution in [3.63, 3.8) is 0 Å². The second-order valence-corrected chi connectivity index (χ2v) is 9.29. The number of carbonyl (C=O) groups is 1. The predicted molar refractivity (Wildman–Crippen MR) is 138 cm³/mol. The highest BCUT2D eigenvalue weighted by Crippen LogP contribution is 2.40. The van der Waals surface area contributed by atoms with E-state index in [1.54, 1.807) is 11.8 Å². The minimum absolute atomic E-state index is 0.182. The molecule has 178 valence electrons. The lowest BCUT2D eigenvalue weighted by molar-refractivity contribution is -0.113. The highest BCUT2D eigenvalue weighted by Gasteiger charge is 2.36. The van der Waals surface area contributed by atoms with Gasteiger partial charge in [0.15, 0.2) is 0 Å². The van der Waals surface area contributed by atoms with E-state index >= 15 is 0 Å². The molecule has 0 radical (unpaired) electrons. The summed E-state index contributed by atoms with van der Waals surface area (Å²) in [6.07, 6.45) is 1.92. The van der Waals surface area contributed by atoms with E-state index in [0.717, 1.165) is 46.9 Å². The number of aromatic nitrogens is 3. The number of allylic oxidation sites excluding steroid dienone is 1. The molecule has 0 fully saturated rings. The predicted octanol–water partition coefficient (Wildman–Crippen LogP) is 5.81. The van der Waals surface area contributed by atoms with Crippen LogP contribution in [-0.2, 0) is 4.79 Å². The van der Waals surface area contributed by atoms with Crippen molar-refractivity contribution in [1.82, 2.24) is 14.8 Å². The van der Waals surface area contributed by atoms with Crippen molar-refractivity contribution >= 4 is 29.3 Å². The average molecular weight is 478 g/mol. The van der Waals surface area contributed by atoms with Gasteiger partial charge < -0.3 is 15.4 Å². The summed E-state index contributed by atoms with van der Waals surface area (Å²) >= 11 is 1.61. The fourth-order valence-electron chi connectivity index (χ4n) is 3.92. The highest BCUT2D eigenvalue weighted by atomic mass is 32.2. The molecule has 0 bridgehead atoms. The fraction of sp³-hybridized carbons (Fsp3) is 0.346. The summed E-state index contributed by atoms with van der Waals surface area (Å²) in [7, 11) is 0. The molecule has 0 spiro atoms. The van der Waals surface area contributed by atoms with Gasteiger partial charge in [-0.2, -0.15) is 4.98 Å². The fourth-order valence-corrected chi connectivity index (χ4v) is 4.60. The zero-order valence-corrected chi connectivity index (χ0v) is 20.9. The molecule has 3 aromatic rings. The number of para-hydroxylation sites is 2. The SMILES string of the molecule is CCCOc1ccccc1C1C(C(=O)Nc2ccccc2C)=C(C)Nc2nc(SCCC)nn21. The van der Waals surface area contributed by atoms with Crippen LogP contribution >= 0.6 is 11.8 Å². The van der Waals surface area contributed by atoms with Crippen molar-refractivity contribution in [2.75, 3.05) is 23.0 Å². The number of ether oxygens (including phenoxy) is 1. The van der Waals surface area contributed by atoms with Gasteiger partial charge >= 0.3 is 0 Å². The molecule has 4 rings (SSSR count). The van der Waals surface area contributed by atoms with Gasteiger partial charge in [-0.15, -0.1) is 5.10 Å². The molecule has 0 saturated carbocycles. The van der Waals surface area contributed by atoms with Gasteiger partial charge in [-0.1, -0.05) is 62.0 Å². The Morgan fingerprint density at radius 2 is 1.88 bits per heavy atom. The van der Waals surface area contributed by atoms with Crippen LogP contribution in [0.3, 0.4) is 0 Å². The number of amides is 1. The van der Waals surface area contributed by atoms with Gasteiger partial charge in [-0.3, -0.25) is 4.79 Å². The third-order valence-electron chi connectivity index (χ3n) is 5.58. The molecule has 1 atom stereocenters. The first-order valence-corrected chi connectivity index (χ1v) is 12.7. The van der Waals surface area contributed by atoms with Crippen LogP contribution < -0.4 is 15.4 Å². The van der Waals surface area contributed by atoms with Gasteiger partial charge in [-0.25, -0.2) is 4.68 Å². The van der Waals surface area contributed by atoms with Crippen LogP contribution in [0.5, 0.6) is 5.75 Å². The Labute approximate surface area is 205 Å². The largest absolute Gasteiger partial charge is 0.493 e. The van der Waals surface area contributed by atoms with Crippen LogP contribution in [0.4, 0.5) is 11.6 Å². The first kappa shape index (κ1) is 23.9. The molecule has 1 unspecified atom stereocenters. The number of fused-ring (bicyclic) bond motifs is 1. The Morgan fingerprint density at radius 3 is 2.65 bits per heavy atom. The third-order valence-corrected chi connectivity index (χ3v) is 6.63. The summed E-state index contributed by atoms with van der Waals surface area (Å²) < 4.78 is 7.90. The number of benzene rings is 2. The van der Waals surface area contributed by atoms with Crippen molar-refractivity contribution < 1.29 is 9.53 Å². The second-order valence-electron chi connectivity index (χ2n) is 8.23. The summed E-state index contributed by atoms with van der Waals surface area (Å²) in [5.41, 5.74) is 3.99. The molecule has 2 N–H and O–H groups in total. The maximum Gasteiger partial charge on any atom is 0.255 e. The lowest BCUT2D eigenvalue weighted by Crippen LogP contribution is -2.32. The number of rotatable bonds is 9. The summed E-state index contributed by atoms with van der Waals surface area (Å²) in [6, 6.07) is 15.1. The van der Waals surface area contributed by atoms with E-state index in [2.05, 4.69) is 24.5 Å². The zero-order chi connectivity index (χ0) is 24.1.